The highest BCUT2D eigenvalue weighted by atomic mass is 79.9. The molecule has 0 unspecified atom stereocenters. The molecule has 0 saturated carbocycles. The molecule has 0 amide bonds. The highest BCUT2D eigenvalue weighted by Crippen LogP contribution is 2.25. The Kier molecular flexibility index (Phi) is 5.32. The number of rotatable bonds is 5. The molecule has 0 bridgehead atoms. The predicted octanol–water partition coefficient (Wildman–Crippen LogP) is 4.83. The Bertz CT molecular complexity index is 571. The number of nitrogens with zero attached hydrogens (tertiary/aromatic N) is 1. The van der Waals surface area contributed by atoms with Gasteiger partial charge in [-0.25, -0.2) is 0 Å². The fraction of sp³-hybridized carbons (Fsp3) is 0.250. The van der Waals surface area contributed by atoms with E-state index in [0.717, 1.165) is 28.0 Å². The second kappa shape index (κ2) is 7.00. The first-order chi connectivity index (χ1) is 9.63. The molecule has 4 heteroatoms. The van der Waals surface area contributed by atoms with Crippen LogP contribution in [0, 0.1) is 0 Å². The maximum atomic E-state index is 5.87. The Morgan fingerprint density at radius 1 is 1.15 bits per heavy atom. The van der Waals surface area contributed by atoms with Crippen LogP contribution in [-0.4, -0.2) is 14.2 Å². The van der Waals surface area contributed by atoms with E-state index in [2.05, 4.69) is 58.2 Å². The number of hydrogen-bond donors (Lipinski definition) is 0. The van der Waals surface area contributed by atoms with Gasteiger partial charge in [-0.1, -0.05) is 34.1 Å². The molecule has 2 rings (SSSR count). The summed E-state index contributed by atoms with van der Waals surface area (Å²) in [7, 11) is 3.75. The van der Waals surface area contributed by atoms with Crippen molar-refractivity contribution in [3.8, 4) is 5.75 Å². The van der Waals surface area contributed by atoms with Crippen molar-refractivity contribution >= 4 is 33.2 Å². The fourth-order valence-electron chi connectivity index (χ4n) is 1.98. The maximum Gasteiger partial charge on any atom is 0.118 e. The SMILES string of the molecule is COc1ccc(CN(C)c2ccc(CCl)c(Br)c2)cc1. The summed E-state index contributed by atoms with van der Waals surface area (Å²) in [6.07, 6.45) is 0. The van der Waals surface area contributed by atoms with E-state index in [4.69, 9.17) is 16.3 Å². The highest BCUT2D eigenvalue weighted by Gasteiger charge is 2.06. The Labute approximate surface area is 133 Å². The van der Waals surface area contributed by atoms with Crippen molar-refractivity contribution in [2.24, 2.45) is 0 Å². The quantitative estimate of drug-likeness (QED) is 0.713. The molecule has 106 valence electrons. The molecule has 0 radical (unpaired) electrons. The molecule has 0 aliphatic carbocycles. The lowest BCUT2D eigenvalue weighted by atomic mass is 10.1. The van der Waals surface area contributed by atoms with Crippen LogP contribution in [0.3, 0.4) is 0 Å². The van der Waals surface area contributed by atoms with E-state index in [0.29, 0.717) is 5.88 Å². The zero-order valence-electron chi connectivity index (χ0n) is 11.6. The van der Waals surface area contributed by atoms with Gasteiger partial charge in [0, 0.05) is 29.6 Å². The molecule has 0 fully saturated rings. The Morgan fingerprint density at radius 3 is 2.40 bits per heavy atom. The number of benzene rings is 2. The van der Waals surface area contributed by atoms with Crippen molar-refractivity contribution in [2.75, 3.05) is 19.1 Å². The van der Waals surface area contributed by atoms with Crippen LogP contribution in [0.4, 0.5) is 5.69 Å². The monoisotopic (exact) mass is 353 g/mol. The van der Waals surface area contributed by atoms with Gasteiger partial charge in [-0.15, -0.1) is 11.6 Å². The largest absolute Gasteiger partial charge is 0.497 e. The average Bonchev–Trinajstić information content (AvgIpc) is 2.48. The summed E-state index contributed by atoms with van der Waals surface area (Å²) >= 11 is 9.42. The average molecular weight is 355 g/mol. The van der Waals surface area contributed by atoms with E-state index >= 15 is 0 Å². The summed E-state index contributed by atoms with van der Waals surface area (Å²) in [5.41, 5.74) is 3.50. The standard InChI is InChI=1S/C16H17BrClNO/c1-19(11-12-3-7-15(20-2)8-4-12)14-6-5-13(10-18)16(17)9-14/h3-9H,10-11H2,1-2H3. The second-order valence-corrected chi connectivity index (χ2v) is 5.74. The van der Waals surface area contributed by atoms with Gasteiger partial charge in [-0.3, -0.25) is 0 Å². The van der Waals surface area contributed by atoms with Crippen molar-refractivity contribution in [2.45, 2.75) is 12.4 Å². The van der Waals surface area contributed by atoms with Gasteiger partial charge in [-0.05, 0) is 35.4 Å². The molecular formula is C16H17BrClNO. The maximum absolute atomic E-state index is 5.87. The molecule has 0 aliphatic rings. The normalized spacial score (nSPS) is 10.4. The van der Waals surface area contributed by atoms with Crippen LogP contribution in [0.25, 0.3) is 0 Å². The number of hydrogen-bond acceptors (Lipinski definition) is 2. The third-order valence-electron chi connectivity index (χ3n) is 3.20. The van der Waals surface area contributed by atoms with Crippen LogP contribution >= 0.6 is 27.5 Å². The molecule has 0 atom stereocenters. The molecular weight excluding hydrogens is 338 g/mol. The van der Waals surface area contributed by atoms with E-state index < -0.39 is 0 Å². The Balaban J connectivity index is 2.10. The van der Waals surface area contributed by atoms with E-state index in [9.17, 15) is 0 Å². The lowest BCUT2D eigenvalue weighted by Crippen LogP contribution is -2.16. The van der Waals surface area contributed by atoms with E-state index in [-0.39, 0.29) is 0 Å². The first kappa shape index (κ1) is 15.2. The summed E-state index contributed by atoms with van der Waals surface area (Å²) in [6, 6.07) is 14.4. The van der Waals surface area contributed by atoms with Crippen molar-refractivity contribution in [1.29, 1.82) is 0 Å². The van der Waals surface area contributed by atoms with Gasteiger partial charge in [0.25, 0.3) is 0 Å². The van der Waals surface area contributed by atoms with Crippen molar-refractivity contribution in [3.05, 3.63) is 58.1 Å². The van der Waals surface area contributed by atoms with Crippen LogP contribution < -0.4 is 9.64 Å². The molecule has 2 aromatic rings. The third-order valence-corrected chi connectivity index (χ3v) is 4.23. The molecule has 0 N–H and O–H groups in total. The highest BCUT2D eigenvalue weighted by molar-refractivity contribution is 9.10. The van der Waals surface area contributed by atoms with Crippen LogP contribution in [-0.2, 0) is 12.4 Å². The Morgan fingerprint density at radius 2 is 1.85 bits per heavy atom. The summed E-state index contributed by atoms with van der Waals surface area (Å²) in [5, 5.41) is 0. The lowest BCUT2D eigenvalue weighted by molar-refractivity contribution is 0.414. The van der Waals surface area contributed by atoms with Crippen LogP contribution in [0.5, 0.6) is 5.75 Å². The first-order valence-corrected chi connectivity index (χ1v) is 7.65. The fourth-order valence-corrected chi connectivity index (χ4v) is 2.88. The van der Waals surface area contributed by atoms with Gasteiger partial charge in [0.2, 0.25) is 0 Å². The van der Waals surface area contributed by atoms with Crippen LogP contribution in [0.2, 0.25) is 0 Å². The van der Waals surface area contributed by atoms with Gasteiger partial charge in [0.1, 0.15) is 5.75 Å². The lowest BCUT2D eigenvalue weighted by Gasteiger charge is -2.20. The van der Waals surface area contributed by atoms with Gasteiger partial charge in [0.05, 0.1) is 7.11 Å². The molecule has 0 saturated heterocycles. The van der Waals surface area contributed by atoms with E-state index in [1.807, 2.05) is 12.1 Å². The van der Waals surface area contributed by atoms with E-state index in [1.54, 1.807) is 7.11 Å². The molecule has 2 nitrogen and oxygen atoms in total. The zero-order valence-corrected chi connectivity index (χ0v) is 13.9. The molecule has 0 spiro atoms. The molecule has 20 heavy (non-hydrogen) atoms. The van der Waals surface area contributed by atoms with Crippen LogP contribution in [0.15, 0.2) is 46.9 Å². The van der Waals surface area contributed by atoms with Crippen molar-refractivity contribution in [3.63, 3.8) is 0 Å². The summed E-state index contributed by atoms with van der Waals surface area (Å²) in [6.45, 7) is 0.844. The third kappa shape index (κ3) is 3.68. The number of methoxy groups -OCH3 is 1. The zero-order chi connectivity index (χ0) is 14.5. The van der Waals surface area contributed by atoms with Gasteiger partial charge < -0.3 is 9.64 Å². The van der Waals surface area contributed by atoms with Gasteiger partial charge in [0.15, 0.2) is 0 Å². The molecule has 0 aliphatic heterocycles. The minimum absolute atomic E-state index is 0.517. The number of alkyl halides is 1. The second-order valence-electron chi connectivity index (χ2n) is 4.61. The van der Waals surface area contributed by atoms with Crippen LogP contribution in [0.1, 0.15) is 11.1 Å². The summed E-state index contributed by atoms with van der Waals surface area (Å²) in [4.78, 5) is 2.20. The minimum Gasteiger partial charge on any atom is -0.497 e. The Hall–Kier alpha value is -1.19. The first-order valence-electron chi connectivity index (χ1n) is 6.32. The molecule has 0 aromatic heterocycles. The van der Waals surface area contributed by atoms with Gasteiger partial charge >= 0.3 is 0 Å². The number of anilines is 1. The topological polar surface area (TPSA) is 12.5 Å². The molecule has 0 heterocycles. The number of ether oxygens (including phenoxy) is 1. The predicted molar refractivity (Wildman–Crippen MR) is 88.8 cm³/mol. The van der Waals surface area contributed by atoms with E-state index in [1.165, 1.54) is 5.56 Å². The van der Waals surface area contributed by atoms with Gasteiger partial charge in [-0.2, -0.15) is 0 Å². The molecule has 2 aromatic carbocycles. The number of halogens is 2. The van der Waals surface area contributed by atoms with Crippen molar-refractivity contribution in [1.82, 2.24) is 0 Å². The van der Waals surface area contributed by atoms with Crippen molar-refractivity contribution < 1.29 is 4.74 Å². The summed E-state index contributed by atoms with van der Waals surface area (Å²) < 4.78 is 6.22. The summed E-state index contributed by atoms with van der Waals surface area (Å²) in [5.74, 6) is 1.40. The smallest absolute Gasteiger partial charge is 0.118 e. The minimum atomic E-state index is 0.517.